The molecule has 62 valence electrons. The monoisotopic (exact) mass is 163 g/mol. The van der Waals surface area contributed by atoms with E-state index in [2.05, 4.69) is 10.3 Å². The van der Waals surface area contributed by atoms with Crippen molar-refractivity contribution in [2.75, 3.05) is 5.73 Å². The molecule has 1 aromatic carbocycles. The van der Waals surface area contributed by atoms with Gasteiger partial charge in [-0.1, -0.05) is 0 Å². The lowest BCUT2D eigenvalue weighted by Crippen LogP contribution is -2.22. The van der Waals surface area contributed by atoms with E-state index in [-0.39, 0.29) is 0 Å². The number of nitrogens with two attached hydrogens (primary N) is 1. The highest BCUT2D eigenvalue weighted by molar-refractivity contribution is 5.69. The molecule has 1 aliphatic rings. The van der Waals surface area contributed by atoms with Crippen LogP contribution in [0.25, 0.3) is 0 Å². The zero-order valence-electron chi connectivity index (χ0n) is 6.36. The van der Waals surface area contributed by atoms with Crippen molar-refractivity contribution in [2.45, 2.75) is 6.23 Å². The van der Waals surface area contributed by atoms with Gasteiger partial charge in [0.15, 0.2) is 6.23 Å². The van der Waals surface area contributed by atoms with Crippen molar-refractivity contribution in [3.63, 3.8) is 0 Å². The second-order valence-electron chi connectivity index (χ2n) is 2.65. The Kier molecular flexibility index (Phi) is 1.48. The Balaban J connectivity index is 2.56. The summed E-state index contributed by atoms with van der Waals surface area (Å²) in [5.41, 5.74) is 7.66. The zero-order chi connectivity index (χ0) is 8.55. The molecule has 4 nitrogen and oxygen atoms in total. The Bertz CT molecular complexity index is 335. The molecule has 1 unspecified atom stereocenters. The van der Waals surface area contributed by atoms with Crippen LogP contribution in [0.4, 0.5) is 11.4 Å². The maximum absolute atomic E-state index is 9.43. The van der Waals surface area contributed by atoms with Crippen molar-refractivity contribution >= 4 is 17.7 Å². The summed E-state index contributed by atoms with van der Waals surface area (Å²) >= 11 is 0. The van der Waals surface area contributed by atoms with Crippen LogP contribution in [0.3, 0.4) is 0 Å². The summed E-state index contributed by atoms with van der Waals surface area (Å²) in [5, 5.41) is 12.1. The summed E-state index contributed by atoms with van der Waals surface area (Å²) < 4.78 is 0. The number of nitrogens with one attached hydrogen (secondary N) is 1. The minimum absolute atomic E-state index is 0.631. The largest absolute Gasteiger partial charge is 0.399 e. The van der Waals surface area contributed by atoms with Crippen LogP contribution in [-0.4, -0.2) is 11.4 Å². The van der Waals surface area contributed by atoms with E-state index in [1.54, 1.807) is 18.2 Å². The van der Waals surface area contributed by atoms with Crippen molar-refractivity contribution in [3.05, 3.63) is 23.8 Å². The Morgan fingerprint density at radius 2 is 2.33 bits per heavy atom. The van der Waals surface area contributed by atoms with Gasteiger partial charge in [-0.25, -0.2) is 4.99 Å². The molecular weight excluding hydrogens is 154 g/mol. The molecule has 1 aromatic rings. The fraction of sp³-hybridized carbons (Fsp3) is 0.125. The molecule has 0 fully saturated rings. The molecule has 4 heteroatoms. The normalized spacial score (nSPS) is 19.9. The number of aliphatic imine (C=N–C) groups is 1. The van der Waals surface area contributed by atoms with E-state index in [1.165, 1.54) is 6.34 Å². The van der Waals surface area contributed by atoms with Gasteiger partial charge in [0.25, 0.3) is 0 Å². The topological polar surface area (TPSA) is 70.6 Å². The van der Waals surface area contributed by atoms with Crippen LogP contribution < -0.4 is 11.1 Å². The summed E-state index contributed by atoms with van der Waals surface area (Å²) in [5.74, 6) is 0. The first-order chi connectivity index (χ1) is 5.77. The number of aliphatic hydroxyl groups is 1. The number of hydrogen-bond acceptors (Lipinski definition) is 4. The molecule has 0 radical (unpaired) electrons. The summed E-state index contributed by atoms with van der Waals surface area (Å²) in [7, 11) is 0. The Labute approximate surface area is 69.7 Å². The number of hydrogen-bond donors (Lipinski definition) is 3. The molecular formula is C8H9N3O. The number of nitrogen functional groups attached to an aromatic ring is 1. The van der Waals surface area contributed by atoms with E-state index in [0.717, 1.165) is 11.3 Å². The number of fused-ring (bicyclic) bond motifs is 1. The third-order valence-electron chi connectivity index (χ3n) is 1.78. The van der Waals surface area contributed by atoms with Gasteiger partial charge in [-0.05, 0) is 18.2 Å². The number of nitrogens with zero attached hydrogens (tertiary/aromatic N) is 1. The van der Waals surface area contributed by atoms with Crippen LogP contribution in [0.15, 0.2) is 23.2 Å². The van der Waals surface area contributed by atoms with Crippen molar-refractivity contribution in [3.8, 4) is 0 Å². The minimum Gasteiger partial charge on any atom is -0.399 e. The van der Waals surface area contributed by atoms with E-state index in [0.29, 0.717) is 5.69 Å². The third kappa shape index (κ3) is 1.02. The van der Waals surface area contributed by atoms with E-state index in [4.69, 9.17) is 5.73 Å². The van der Waals surface area contributed by atoms with Crippen LogP contribution in [-0.2, 0) is 0 Å². The average Bonchev–Trinajstić information content (AvgIpc) is 2.07. The average molecular weight is 163 g/mol. The summed E-state index contributed by atoms with van der Waals surface area (Å²) in [6, 6.07) is 5.25. The molecule has 0 saturated carbocycles. The van der Waals surface area contributed by atoms with E-state index < -0.39 is 6.23 Å². The molecule has 0 saturated heterocycles. The molecule has 0 aliphatic carbocycles. The Hall–Kier alpha value is -1.55. The van der Waals surface area contributed by atoms with Gasteiger partial charge in [0, 0.05) is 11.3 Å². The highest BCUT2D eigenvalue weighted by atomic mass is 16.3. The van der Waals surface area contributed by atoms with Gasteiger partial charge in [0.05, 0.1) is 12.0 Å². The van der Waals surface area contributed by atoms with Gasteiger partial charge in [-0.3, -0.25) is 0 Å². The Morgan fingerprint density at radius 3 is 3.17 bits per heavy atom. The first-order valence-electron chi connectivity index (χ1n) is 3.63. The zero-order valence-corrected chi connectivity index (χ0v) is 6.36. The van der Waals surface area contributed by atoms with Crippen molar-refractivity contribution in [1.29, 1.82) is 0 Å². The predicted octanol–water partition coefficient (Wildman–Crippen LogP) is 0.523. The fourth-order valence-electron chi connectivity index (χ4n) is 1.18. The SMILES string of the molecule is Nc1ccc2c(c1)C(O)NC=N2. The molecule has 0 amide bonds. The van der Waals surface area contributed by atoms with Crippen LogP contribution in [0, 0.1) is 0 Å². The maximum atomic E-state index is 9.43. The number of rotatable bonds is 0. The number of anilines is 1. The second kappa shape index (κ2) is 2.49. The van der Waals surface area contributed by atoms with Gasteiger partial charge < -0.3 is 16.2 Å². The lowest BCUT2D eigenvalue weighted by Gasteiger charge is -2.17. The summed E-state index contributed by atoms with van der Waals surface area (Å²) in [6.07, 6.45) is 0.782. The van der Waals surface area contributed by atoms with Crippen molar-refractivity contribution < 1.29 is 5.11 Å². The standard InChI is InChI=1S/C8H9N3O/c9-5-1-2-7-6(3-5)8(12)11-4-10-7/h1-4,8,12H,9H2,(H,10,11). The van der Waals surface area contributed by atoms with Gasteiger partial charge in [-0.15, -0.1) is 0 Å². The molecule has 0 spiro atoms. The fourth-order valence-corrected chi connectivity index (χ4v) is 1.18. The van der Waals surface area contributed by atoms with Crippen molar-refractivity contribution in [1.82, 2.24) is 5.32 Å². The first kappa shape index (κ1) is 7.12. The minimum atomic E-state index is -0.694. The predicted molar refractivity (Wildman–Crippen MR) is 47.1 cm³/mol. The number of aliphatic hydroxyl groups excluding tert-OH is 1. The van der Waals surface area contributed by atoms with Gasteiger partial charge >= 0.3 is 0 Å². The molecule has 1 aliphatic heterocycles. The second-order valence-corrected chi connectivity index (χ2v) is 2.65. The van der Waals surface area contributed by atoms with Crippen LogP contribution in [0.5, 0.6) is 0 Å². The van der Waals surface area contributed by atoms with E-state index >= 15 is 0 Å². The molecule has 0 aromatic heterocycles. The summed E-state index contributed by atoms with van der Waals surface area (Å²) in [6.45, 7) is 0. The van der Waals surface area contributed by atoms with Gasteiger partial charge in [0.2, 0.25) is 0 Å². The smallest absolute Gasteiger partial charge is 0.153 e. The van der Waals surface area contributed by atoms with E-state index in [9.17, 15) is 5.11 Å². The first-order valence-corrected chi connectivity index (χ1v) is 3.63. The van der Waals surface area contributed by atoms with Crippen LogP contribution in [0.1, 0.15) is 11.8 Å². The summed E-state index contributed by atoms with van der Waals surface area (Å²) in [4.78, 5) is 4.03. The molecule has 2 rings (SSSR count). The quantitative estimate of drug-likeness (QED) is 0.488. The molecule has 1 atom stereocenters. The van der Waals surface area contributed by atoms with Crippen LogP contribution >= 0.6 is 0 Å². The lowest BCUT2D eigenvalue weighted by molar-refractivity contribution is 0.163. The van der Waals surface area contributed by atoms with Crippen molar-refractivity contribution in [2.24, 2.45) is 4.99 Å². The molecule has 12 heavy (non-hydrogen) atoms. The Morgan fingerprint density at radius 1 is 1.50 bits per heavy atom. The molecule has 0 bridgehead atoms. The highest BCUT2D eigenvalue weighted by Gasteiger charge is 2.13. The van der Waals surface area contributed by atoms with Gasteiger partial charge in [-0.2, -0.15) is 0 Å². The highest BCUT2D eigenvalue weighted by Crippen LogP contribution is 2.28. The lowest BCUT2D eigenvalue weighted by atomic mass is 10.1. The maximum Gasteiger partial charge on any atom is 0.153 e. The number of benzene rings is 1. The molecule has 1 heterocycles. The van der Waals surface area contributed by atoms with Gasteiger partial charge in [0.1, 0.15) is 0 Å². The van der Waals surface area contributed by atoms with E-state index in [1.807, 2.05) is 0 Å². The third-order valence-corrected chi connectivity index (χ3v) is 1.78. The van der Waals surface area contributed by atoms with Crippen LogP contribution in [0.2, 0.25) is 0 Å². The molecule has 4 N–H and O–H groups in total.